The minimum Gasteiger partial charge on any atom is -0.481 e. The molecular formula is C10H15NO4. The summed E-state index contributed by atoms with van der Waals surface area (Å²) >= 11 is 0. The van der Waals surface area contributed by atoms with Crippen LogP contribution in [0, 0.1) is 17.8 Å². The first kappa shape index (κ1) is 10.4. The Morgan fingerprint density at radius 3 is 1.93 bits per heavy atom. The maximum Gasteiger partial charge on any atom is 0.324 e. The molecule has 0 saturated heterocycles. The van der Waals surface area contributed by atoms with Gasteiger partial charge in [0, 0.05) is 0 Å². The van der Waals surface area contributed by atoms with Crippen molar-refractivity contribution >= 4 is 11.9 Å². The Kier molecular flexibility index (Phi) is 2.22. The molecule has 2 aliphatic rings. The van der Waals surface area contributed by atoms with Crippen LogP contribution in [0.5, 0.6) is 0 Å². The van der Waals surface area contributed by atoms with E-state index in [4.69, 9.17) is 15.9 Å². The zero-order chi connectivity index (χ0) is 11.2. The summed E-state index contributed by atoms with van der Waals surface area (Å²) in [7, 11) is 0. The Morgan fingerprint density at radius 1 is 1.13 bits per heavy atom. The number of rotatable bonds is 2. The summed E-state index contributed by atoms with van der Waals surface area (Å²) in [5.74, 6) is -2.54. The molecule has 2 aliphatic carbocycles. The lowest BCUT2D eigenvalue weighted by atomic mass is 9.68. The van der Waals surface area contributed by atoms with Crippen molar-refractivity contribution in [3.63, 3.8) is 0 Å². The van der Waals surface area contributed by atoms with E-state index in [9.17, 15) is 9.59 Å². The molecule has 2 rings (SSSR count). The van der Waals surface area contributed by atoms with Gasteiger partial charge in [-0.1, -0.05) is 0 Å². The first-order chi connectivity index (χ1) is 6.96. The van der Waals surface area contributed by atoms with E-state index in [2.05, 4.69) is 0 Å². The zero-order valence-corrected chi connectivity index (χ0v) is 8.35. The van der Waals surface area contributed by atoms with Crippen LogP contribution in [0.25, 0.3) is 0 Å². The van der Waals surface area contributed by atoms with Gasteiger partial charge in [-0.15, -0.1) is 0 Å². The van der Waals surface area contributed by atoms with Crippen LogP contribution in [0.1, 0.15) is 25.7 Å². The zero-order valence-electron chi connectivity index (χ0n) is 8.35. The molecule has 15 heavy (non-hydrogen) atoms. The topological polar surface area (TPSA) is 101 Å². The Bertz CT molecular complexity index is 301. The fraction of sp³-hybridized carbons (Fsp3) is 0.800. The molecule has 4 N–H and O–H groups in total. The Morgan fingerprint density at radius 2 is 1.60 bits per heavy atom. The summed E-state index contributed by atoms with van der Waals surface area (Å²) in [6, 6.07) is 0. The van der Waals surface area contributed by atoms with Crippen molar-refractivity contribution in [2.75, 3.05) is 0 Å². The van der Waals surface area contributed by atoms with Gasteiger partial charge in [0.2, 0.25) is 0 Å². The van der Waals surface area contributed by atoms with Gasteiger partial charge in [0.05, 0.1) is 5.92 Å². The maximum absolute atomic E-state index is 11.1. The first-order valence-electron chi connectivity index (χ1n) is 5.21. The summed E-state index contributed by atoms with van der Waals surface area (Å²) in [6.07, 6.45) is 2.32. The van der Waals surface area contributed by atoms with Crippen LogP contribution >= 0.6 is 0 Å². The van der Waals surface area contributed by atoms with E-state index in [0.29, 0.717) is 12.8 Å². The van der Waals surface area contributed by atoms with Crippen molar-refractivity contribution in [3.05, 3.63) is 0 Å². The van der Waals surface area contributed by atoms with E-state index in [1.165, 1.54) is 0 Å². The second kappa shape index (κ2) is 3.20. The van der Waals surface area contributed by atoms with Crippen molar-refractivity contribution in [1.29, 1.82) is 0 Å². The monoisotopic (exact) mass is 213 g/mol. The number of carbonyl (C=O) groups is 2. The summed E-state index contributed by atoms with van der Waals surface area (Å²) < 4.78 is 0. The highest BCUT2D eigenvalue weighted by atomic mass is 16.4. The molecule has 2 fully saturated rings. The molecule has 0 aromatic rings. The molecule has 0 aliphatic heterocycles. The molecule has 0 amide bonds. The quantitative estimate of drug-likeness (QED) is 0.612. The molecule has 2 bridgehead atoms. The number of nitrogens with two attached hydrogens (primary N) is 1. The molecule has 2 atom stereocenters. The van der Waals surface area contributed by atoms with Crippen LogP contribution in [0.15, 0.2) is 0 Å². The molecule has 0 radical (unpaired) electrons. The van der Waals surface area contributed by atoms with Crippen LogP contribution < -0.4 is 5.73 Å². The number of aliphatic carboxylic acids is 2. The van der Waals surface area contributed by atoms with E-state index < -0.39 is 23.4 Å². The summed E-state index contributed by atoms with van der Waals surface area (Å²) in [5, 5.41) is 18.1. The van der Waals surface area contributed by atoms with E-state index in [-0.39, 0.29) is 11.8 Å². The van der Waals surface area contributed by atoms with E-state index in [0.717, 1.165) is 12.8 Å². The summed E-state index contributed by atoms with van der Waals surface area (Å²) in [5.41, 5.74) is 4.75. The van der Waals surface area contributed by atoms with Crippen molar-refractivity contribution < 1.29 is 19.8 Å². The molecule has 0 heterocycles. The van der Waals surface area contributed by atoms with Gasteiger partial charge < -0.3 is 15.9 Å². The summed E-state index contributed by atoms with van der Waals surface area (Å²) in [4.78, 5) is 22.0. The molecule has 2 saturated carbocycles. The highest BCUT2D eigenvalue weighted by Gasteiger charge is 2.57. The van der Waals surface area contributed by atoms with Gasteiger partial charge in [-0.25, -0.2) is 0 Å². The highest BCUT2D eigenvalue weighted by molar-refractivity contribution is 5.81. The minimum atomic E-state index is -1.17. The van der Waals surface area contributed by atoms with Gasteiger partial charge in [-0.05, 0) is 37.5 Å². The van der Waals surface area contributed by atoms with Gasteiger partial charge in [0.15, 0.2) is 0 Å². The van der Waals surface area contributed by atoms with E-state index in [1.54, 1.807) is 0 Å². The van der Waals surface area contributed by atoms with Gasteiger partial charge in [0.25, 0.3) is 0 Å². The Balaban J connectivity index is 2.24. The minimum absolute atomic E-state index is 0.171. The van der Waals surface area contributed by atoms with Gasteiger partial charge in [0.1, 0.15) is 5.54 Å². The molecule has 84 valence electrons. The number of fused-ring (bicyclic) bond motifs is 2. The second-order valence-corrected chi connectivity index (χ2v) is 4.72. The molecule has 5 heteroatoms. The fourth-order valence-electron chi connectivity index (χ4n) is 3.17. The van der Waals surface area contributed by atoms with Crippen LogP contribution in [0.4, 0.5) is 0 Å². The summed E-state index contributed by atoms with van der Waals surface area (Å²) in [6.45, 7) is 0. The van der Waals surface area contributed by atoms with Crippen molar-refractivity contribution in [3.8, 4) is 0 Å². The van der Waals surface area contributed by atoms with Crippen molar-refractivity contribution in [2.45, 2.75) is 31.2 Å². The lowest BCUT2D eigenvalue weighted by molar-refractivity contribution is -0.153. The van der Waals surface area contributed by atoms with Gasteiger partial charge in [-0.2, -0.15) is 0 Å². The standard InChI is InChI=1S/C10H15NO4/c11-10(9(14)15)6-1-2-7(10)4-5(3-6)8(12)13/h5-7H,1-4,11H2,(H,12,13)(H,14,15). The van der Waals surface area contributed by atoms with Crippen molar-refractivity contribution in [1.82, 2.24) is 0 Å². The third-order valence-electron chi connectivity index (χ3n) is 4.07. The van der Waals surface area contributed by atoms with E-state index >= 15 is 0 Å². The highest BCUT2D eigenvalue weighted by Crippen LogP contribution is 2.50. The van der Waals surface area contributed by atoms with Crippen LogP contribution in [-0.2, 0) is 9.59 Å². The largest absolute Gasteiger partial charge is 0.481 e. The third kappa shape index (κ3) is 1.33. The molecule has 0 spiro atoms. The predicted molar refractivity (Wildman–Crippen MR) is 51.1 cm³/mol. The average Bonchev–Trinajstić information content (AvgIpc) is 2.39. The smallest absolute Gasteiger partial charge is 0.324 e. The lowest BCUT2D eigenvalue weighted by Gasteiger charge is -2.39. The normalized spacial score (nSPS) is 43.9. The second-order valence-electron chi connectivity index (χ2n) is 4.72. The molecular weight excluding hydrogens is 198 g/mol. The fourth-order valence-corrected chi connectivity index (χ4v) is 3.17. The maximum atomic E-state index is 11.1. The lowest BCUT2D eigenvalue weighted by Crippen LogP contribution is -2.59. The molecule has 0 aromatic heterocycles. The van der Waals surface area contributed by atoms with Gasteiger partial charge in [-0.3, -0.25) is 9.59 Å². The van der Waals surface area contributed by atoms with Crippen LogP contribution in [0.2, 0.25) is 0 Å². The molecule has 2 unspecified atom stereocenters. The predicted octanol–water partition coefficient (Wildman–Crippen LogP) is 0.289. The Labute approximate surface area is 87.3 Å². The molecule has 5 nitrogen and oxygen atoms in total. The number of hydrogen-bond acceptors (Lipinski definition) is 3. The number of hydrogen-bond donors (Lipinski definition) is 3. The number of carboxylic acids is 2. The van der Waals surface area contributed by atoms with Crippen molar-refractivity contribution in [2.24, 2.45) is 23.5 Å². The van der Waals surface area contributed by atoms with Crippen LogP contribution in [0.3, 0.4) is 0 Å². The SMILES string of the molecule is NC1(C(=O)O)C2CCC1CC(C(=O)O)C2. The third-order valence-corrected chi connectivity index (χ3v) is 4.07. The molecule has 0 aromatic carbocycles. The van der Waals surface area contributed by atoms with E-state index in [1.807, 2.05) is 0 Å². The average molecular weight is 213 g/mol. The van der Waals surface area contributed by atoms with Gasteiger partial charge >= 0.3 is 11.9 Å². The van der Waals surface area contributed by atoms with Crippen LogP contribution in [-0.4, -0.2) is 27.7 Å². The Hall–Kier alpha value is -1.10. The first-order valence-corrected chi connectivity index (χ1v) is 5.21. The number of carboxylic acid groups (broad SMARTS) is 2.